The standard InChI is InChI=1S/C13H17NO2S/c1-16-13(15)12(9-7-8-9)14-10-5-3-4-6-11(10)17-2/h3-6,9,12,14H,7-8H2,1-2H3. The molecule has 17 heavy (non-hydrogen) atoms. The first-order valence-electron chi connectivity index (χ1n) is 5.73. The van der Waals surface area contributed by atoms with Crippen molar-refractivity contribution >= 4 is 23.4 Å². The van der Waals surface area contributed by atoms with Crippen LogP contribution in [0.1, 0.15) is 12.8 Å². The maximum absolute atomic E-state index is 11.7. The zero-order valence-corrected chi connectivity index (χ0v) is 10.9. The molecule has 1 fully saturated rings. The SMILES string of the molecule is COC(=O)C(Nc1ccccc1SC)C1CC1. The lowest BCUT2D eigenvalue weighted by atomic mass is 10.1. The molecule has 1 aliphatic carbocycles. The molecule has 4 heteroatoms. The minimum absolute atomic E-state index is 0.164. The van der Waals surface area contributed by atoms with E-state index in [-0.39, 0.29) is 12.0 Å². The highest BCUT2D eigenvalue weighted by atomic mass is 32.2. The molecule has 2 rings (SSSR count). The smallest absolute Gasteiger partial charge is 0.328 e. The largest absolute Gasteiger partial charge is 0.467 e. The van der Waals surface area contributed by atoms with Gasteiger partial charge in [-0.3, -0.25) is 0 Å². The van der Waals surface area contributed by atoms with Crippen LogP contribution >= 0.6 is 11.8 Å². The molecule has 1 unspecified atom stereocenters. The summed E-state index contributed by atoms with van der Waals surface area (Å²) in [5, 5.41) is 3.32. The van der Waals surface area contributed by atoms with Gasteiger partial charge in [0.25, 0.3) is 0 Å². The van der Waals surface area contributed by atoms with Gasteiger partial charge in [-0.1, -0.05) is 12.1 Å². The third kappa shape index (κ3) is 2.94. The van der Waals surface area contributed by atoms with E-state index in [1.165, 1.54) is 7.11 Å². The number of benzene rings is 1. The molecule has 0 amide bonds. The number of esters is 1. The average molecular weight is 251 g/mol. The van der Waals surface area contributed by atoms with Crippen LogP contribution in [0, 0.1) is 5.92 Å². The van der Waals surface area contributed by atoms with Crippen molar-refractivity contribution in [2.24, 2.45) is 5.92 Å². The number of carbonyl (C=O) groups excluding carboxylic acids is 1. The van der Waals surface area contributed by atoms with Crippen LogP contribution < -0.4 is 5.32 Å². The fourth-order valence-corrected chi connectivity index (χ4v) is 2.42. The van der Waals surface area contributed by atoms with Gasteiger partial charge in [-0.15, -0.1) is 11.8 Å². The van der Waals surface area contributed by atoms with E-state index in [1.54, 1.807) is 11.8 Å². The number of ether oxygens (including phenoxy) is 1. The number of anilines is 1. The molecule has 0 aromatic heterocycles. The summed E-state index contributed by atoms with van der Waals surface area (Å²) in [6.07, 6.45) is 4.24. The van der Waals surface area contributed by atoms with Gasteiger partial charge in [-0.2, -0.15) is 0 Å². The molecule has 1 atom stereocenters. The Balaban J connectivity index is 2.14. The van der Waals surface area contributed by atoms with Crippen molar-refractivity contribution in [3.63, 3.8) is 0 Å². The summed E-state index contributed by atoms with van der Waals surface area (Å²) >= 11 is 1.67. The Labute approximate surface area is 106 Å². The molecular weight excluding hydrogens is 234 g/mol. The van der Waals surface area contributed by atoms with E-state index in [4.69, 9.17) is 4.74 Å². The van der Waals surface area contributed by atoms with Gasteiger partial charge in [0.2, 0.25) is 0 Å². The molecule has 0 bridgehead atoms. The fraction of sp³-hybridized carbons (Fsp3) is 0.462. The molecule has 3 nitrogen and oxygen atoms in total. The average Bonchev–Trinajstić information content (AvgIpc) is 3.19. The molecule has 0 radical (unpaired) electrons. The van der Waals surface area contributed by atoms with Crippen LogP contribution in [0.5, 0.6) is 0 Å². The molecule has 1 saturated carbocycles. The summed E-state index contributed by atoms with van der Waals surface area (Å²) in [5.41, 5.74) is 1.02. The van der Waals surface area contributed by atoms with E-state index in [1.807, 2.05) is 30.5 Å². The Hall–Kier alpha value is -1.16. The molecular formula is C13H17NO2S. The number of thioether (sulfide) groups is 1. The fourth-order valence-electron chi connectivity index (χ4n) is 1.86. The van der Waals surface area contributed by atoms with Crippen LogP contribution in [0.3, 0.4) is 0 Å². The van der Waals surface area contributed by atoms with E-state index >= 15 is 0 Å². The van der Waals surface area contributed by atoms with Crippen molar-refractivity contribution in [3.8, 4) is 0 Å². The first-order chi connectivity index (χ1) is 8.26. The molecule has 0 spiro atoms. The maximum Gasteiger partial charge on any atom is 0.328 e. The highest BCUT2D eigenvalue weighted by Crippen LogP contribution is 2.36. The summed E-state index contributed by atoms with van der Waals surface area (Å²) in [4.78, 5) is 12.9. The normalized spacial score (nSPS) is 16.4. The molecule has 0 heterocycles. The second-order valence-corrected chi connectivity index (χ2v) is 5.03. The highest BCUT2D eigenvalue weighted by molar-refractivity contribution is 7.98. The number of methoxy groups -OCH3 is 1. The van der Waals surface area contributed by atoms with Gasteiger partial charge < -0.3 is 10.1 Å². The van der Waals surface area contributed by atoms with Gasteiger partial charge in [0, 0.05) is 10.6 Å². The van der Waals surface area contributed by atoms with Crippen LogP contribution in [0.2, 0.25) is 0 Å². The van der Waals surface area contributed by atoms with Crippen LogP contribution in [0.4, 0.5) is 5.69 Å². The highest BCUT2D eigenvalue weighted by Gasteiger charge is 2.37. The van der Waals surface area contributed by atoms with Crippen LogP contribution in [0.15, 0.2) is 29.2 Å². The predicted octanol–water partition coefficient (Wildman–Crippen LogP) is 2.77. The zero-order chi connectivity index (χ0) is 12.3. The number of rotatable bonds is 5. The third-order valence-electron chi connectivity index (χ3n) is 2.97. The minimum atomic E-state index is -0.201. The third-order valence-corrected chi connectivity index (χ3v) is 3.76. The van der Waals surface area contributed by atoms with Crippen molar-refractivity contribution < 1.29 is 9.53 Å². The zero-order valence-electron chi connectivity index (χ0n) is 10.1. The van der Waals surface area contributed by atoms with Gasteiger partial charge in [-0.05, 0) is 37.1 Å². The Morgan fingerprint density at radius 2 is 2.18 bits per heavy atom. The van der Waals surface area contributed by atoms with Crippen LogP contribution in [0.25, 0.3) is 0 Å². The Bertz CT molecular complexity index is 404. The molecule has 0 aliphatic heterocycles. The van der Waals surface area contributed by atoms with Crippen molar-refractivity contribution in [1.82, 2.24) is 0 Å². The maximum atomic E-state index is 11.7. The lowest BCUT2D eigenvalue weighted by Crippen LogP contribution is -2.32. The van der Waals surface area contributed by atoms with E-state index < -0.39 is 0 Å². The molecule has 92 valence electrons. The lowest BCUT2D eigenvalue weighted by molar-refractivity contribution is -0.142. The number of hydrogen-bond donors (Lipinski definition) is 1. The van der Waals surface area contributed by atoms with Crippen molar-refractivity contribution in [2.45, 2.75) is 23.8 Å². The number of carbonyl (C=O) groups is 1. The van der Waals surface area contributed by atoms with E-state index in [9.17, 15) is 4.79 Å². The minimum Gasteiger partial charge on any atom is -0.467 e. The van der Waals surface area contributed by atoms with Crippen molar-refractivity contribution in [2.75, 3.05) is 18.7 Å². The van der Waals surface area contributed by atoms with E-state index in [2.05, 4.69) is 5.32 Å². The second-order valence-electron chi connectivity index (χ2n) is 4.18. The summed E-state index contributed by atoms with van der Waals surface area (Å²) in [6, 6.07) is 7.83. The van der Waals surface area contributed by atoms with Gasteiger partial charge in [0.1, 0.15) is 6.04 Å². The Morgan fingerprint density at radius 3 is 2.76 bits per heavy atom. The molecule has 1 N–H and O–H groups in total. The lowest BCUT2D eigenvalue weighted by Gasteiger charge is -2.18. The topological polar surface area (TPSA) is 38.3 Å². The molecule has 1 aromatic carbocycles. The monoisotopic (exact) mass is 251 g/mol. The Kier molecular flexibility index (Phi) is 3.94. The van der Waals surface area contributed by atoms with E-state index in [0.29, 0.717) is 5.92 Å². The summed E-state index contributed by atoms with van der Waals surface area (Å²) < 4.78 is 4.85. The molecule has 1 aliphatic rings. The van der Waals surface area contributed by atoms with Crippen molar-refractivity contribution in [1.29, 1.82) is 0 Å². The van der Waals surface area contributed by atoms with Gasteiger partial charge in [0.05, 0.1) is 7.11 Å². The number of para-hydroxylation sites is 1. The number of nitrogens with one attached hydrogen (secondary N) is 1. The molecule has 0 saturated heterocycles. The van der Waals surface area contributed by atoms with Crippen molar-refractivity contribution in [3.05, 3.63) is 24.3 Å². The molecule has 1 aromatic rings. The van der Waals surface area contributed by atoms with E-state index in [0.717, 1.165) is 23.4 Å². The van der Waals surface area contributed by atoms with Gasteiger partial charge in [-0.25, -0.2) is 4.79 Å². The predicted molar refractivity (Wildman–Crippen MR) is 70.4 cm³/mol. The van der Waals surface area contributed by atoms with Crippen LogP contribution in [-0.4, -0.2) is 25.4 Å². The first kappa shape index (κ1) is 12.3. The summed E-state index contributed by atoms with van der Waals surface area (Å²) in [6.45, 7) is 0. The second kappa shape index (κ2) is 5.45. The summed E-state index contributed by atoms with van der Waals surface area (Å²) in [7, 11) is 1.44. The van der Waals surface area contributed by atoms with Gasteiger partial charge >= 0.3 is 5.97 Å². The number of hydrogen-bond acceptors (Lipinski definition) is 4. The Morgan fingerprint density at radius 1 is 1.47 bits per heavy atom. The quantitative estimate of drug-likeness (QED) is 0.645. The van der Waals surface area contributed by atoms with Crippen LogP contribution in [-0.2, 0) is 9.53 Å². The van der Waals surface area contributed by atoms with Gasteiger partial charge in [0.15, 0.2) is 0 Å². The first-order valence-corrected chi connectivity index (χ1v) is 6.96. The summed E-state index contributed by atoms with van der Waals surface area (Å²) in [5.74, 6) is 0.265.